The Bertz CT molecular complexity index is 1330. The zero-order chi connectivity index (χ0) is 20.8. The van der Waals surface area contributed by atoms with Gasteiger partial charge < -0.3 is 5.11 Å². The maximum Gasteiger partial charge on any atom is 0.275 e. The molecule has 0 aliphatic carbocycles. The van der Waals surface area contributed by atoms with Gasteiger partial charge in [-0.25, -0.2) is 9.97 Å². The molecule has 0 unspecified atom stereocenters. The van der Waals surface area contributed by atoms with Crippen molar-refractivity contribution in [3.63, 3.8) is 0 Å². The van der Waals surface area contributed by atoms with Gasteiger partial charge in [0.1, 0.15) is 10.6 Å². The van der Waals surface area contributed by atoms with Crippen LogP contribution in [0.3, 0.4) is 0 Å². The number of hydrogen-bond donors (Lipinski definition) is 2. The normalized spacial score (nSPS) is 13.5. The number of phenols is 1. The number of thiophene rings is 2. The number of nitrogens with one attached hydrogen (secondary N) is 1. The van der Waals surface area contributed by atoms with Crippen molar-refractivity contribution >= 4 is 62.9 Å². The predicted octanol–water partition coefficient (Wildman–Crippen LogP) is 4.86. The number of rotatable bonds is 4. The van der Waals surface area contributed by atoms with E-state index in [0.29, 0.717) is 22.8 Å². The zero-order valence-electron chi connectivity index (χ0n) is 16.0. The fraction of sp³-hybridized carbons (Fsp3) is 0.0476. The number of aromatic hydroxyl groups is 1. The average molecular weight is 471 g/mol. The van der Waals surface area contributed by atoms with Gasteiger partial charge in [0.2, 0.25) is 0 Å². The summed E-state index contributed by atoms with van der Waals surface area (Å²) in [5.41, 5.74) is 4.92. The van der Waals surface area contributed by atoms with Crippen molar-refractivity contribution in [3.05, 3.63) is 58.8 Å². The second kappa shape index (κ2) is 8.10. The molecule has 0 radical (unpaired) electrons. The third-order valence-corrected chi connectivity index (χ3v) is 6.44. The average Bonchev–Trinajstić information content (AvgIpc) is 3.45. The van der Waals surface area contributed by atoms with E-state index in [9.17, 15) is 14.7 Å². The van der Waals surface area contributed by atoms with E-state index in [1.165, 1.54) is 17.4 Å². The number of nitrogens with zero attached hydrogens (tertiary/aromatic N) is 3. The topological polar surface area (TPSA) is 95.4 Å². The van der Waals surface area contributed by atoms with Crippen molar-refractivity contribution in [2.45, 2.75) is 6.92 Å². The summed E-state index contributed by atoms with van der Waals surface area (Å²) >= 11 is 3.05. The van der Waals surface area contributed by atoms with Crippen molar-refractivity contribution in [2.75, 3.05) is 5.43 Å². The Morgan fingerprint density at radius 3 is 2.48 bits per heavy atom. The van der Waals surface area contributed by atoms with Crippen LogP contribution in [-0.2, 0) is 9.59 Å². The molecule has 156 valence electrons. The molecule has 1 aliphatic heterocycles. The van der Waals surface area contributed by atoms with Gasteiger partial charge in [0.15, 0.2) is 11.6 Å². The Morgan fingerprint density at radius 2 is 1.84 bits per heavy atom. The number of benzene rings is 1. The summed E-state index contributed by atoms with van der Waals surface area (Å²) < 4.78 is 0. The molecule has 0 fully saturated rings. The number of carbonyl (C=O) groups is 2. The van der Waals surface area contributed by atoms with Crippen molar-refractivity contribution < 1.29 is 14.7 Å². The minimum Gasteiger partial charge on any atom is -0.508 e. The zero-order valence-corrected chi connectivity index (χ0v) is 18.5. The molecular formula is C21H15ClN4O3S2. The van der Waals surface area contributed by atoms with E-state index < -0.39 is 11.8 Å². The van der Waals surface area contributed by atoms with Crippen LogP contribution in [0.25, 0.3) is 32.0 Å². The first kappa shape index (κ1) is 21.0. The number of hydrazine groups is 1. The summed E-state index contributed by atoms with van der Waals surface area (Å²) in [7, 11) is 0. The van der Waals surface area contributed by atoms with Crippen molar-refractivity contribution in [1.82, 2.24) is 15.0 Å². The molecule has 10 heteroatoms. The number of carbonyl (C=O) groups excluding carboxylic acids is 2. The van der Waals surface area contributed by atoms with Crippen LogP contribution in [0, 0.1) is 0 Å². The molecule has 31 heavy (non-hydrogen) atoms. The van der Waals surface area contributed by atoms with E-state index in [2.05, 4.69) is 15.4 Å². The lowest BCUT2D eigenvalue weighted by atomic mass is 10.1. The van der Waals surface area contributed by atoms with Gasteiger partial charge in [-0.2, -0.15) is 5.01 Å². The van der Waals surface area contributed by atoms with E-state index in [-0.39, 0.29) is 18.2 Å². The van der Waals surface area contributed by atoms with Crippen LogP contribution in [0.4, 0.5) is 5.82 Å². The Balaban J connectivity index is 0.00000231. The first-order valence-electron chi connectivity index (χ1n) is 8.97. The Kier molecular flexibility index (Phi) is 5.48. The van der Waals surface area contributed by atoms with Gasteiger partial charge >= 0.3 is 0 Å². The van der Waals surface area contributed by atoms with Gasteiger partial charge in [-0.15, -0.1) is 35.1 Å². The van der Waals surface area contributed by atoms with Gasteiger partial charge in [-0.05, 0) is 42.6 Å². The lowest BCUT2D eigenvalue weighted by Crippen LogP contribution is -2.36. The van der Waals surface area contributed by atoms with Crippen LogP contribution in [-0.4, -0.2) is 31.9 Å². The molecule has 2 amide bonds. The van der Waals surface area contributed by atoms with Gasteiger partial charge in [-0.3, -0.25) is 15.0 Å². The van der Waals surface area contributed by atoms with Gasteiger partial charge in [-0.1, -0.05) is 6.07 Å². The molecule has 0 saturated heterocycles. The summed E-state index contributed by atoms with van der Waals surface area (Å²) in [6.07, 6.45) is 1.29. The summed E-state index contributed by atoms with van der Waals surface area (Å²) in [4.78, 5) is 35.8. The van der Waals surface area contributed by atoms with Gasteiger partial charge in [0.05, 0.1) is 5.39 Å². The number of anilines is 1. The second-order valence-corrected chi connectivity index (χ2v) is 8.47. The molecule has 0 atom stereocenters. The summed E-state index contributed by atoms with van der Waals surface area (Å²) in [6.45, 7) is 1.60. The van der Waals surface area contributed by atoms with E-state index >= 15 is 0 Å². The SMILES string of the molecule is CC1=CC(=O)N(Nc2nc(-c3ccc(O)cc3)nc3scc(-c4cccs4)c23)C1=O.Cl. The molecule has 4 heterocycles. The molecule has 1 aliphatic rings. The fourth-order valence-corrected chi connectivity index (χ4v) is 4.94. The lowest BCUT2D eigenvalue weighted by molar-refractivity contribution is -0.135. The fourth-order valence-electron chi connectivity index (χ4n) is 3.18. The molecule has 0 bridgehead atoms. The molecule has 0 spiro atoms. The van der Waals surface area contributed by atoms with E-state index in [0.717, 1.165) is 25.7 Å². The number of amides is 2. The van der Waals surface area contributed by atoms with E-state index in [1.54, 1.807) is 42.5 Å². The van der Waals surface area contributed by atoms with Gasteiger partial charge in [0, 0.05) is 33.0 Å². The molecule has 0 saturated carbocycles. The highest BCUT2D eigenvalue weighted by molar-refractivity contribution is 7.18. The van der Waals surface area contributed by atoms with Crippen molar-refractivity contribution in [3.8, 4) is 27.6 Å². The first-order chi connectivity index (χ1) is 14.5. The van der Waals surface area contributed by atoms with Crippen LogP contribution in [0.1, 0.15) is 6.92 Å². The Labute approximate surface area is 191 Å². The van der Waals surface area contributed by atoms with Crippen molar-refractivity contribution in [2.24, 2.45) is 0 Å². The summed E-state index contributed by atoms with van der Waals surface area (Å²) in [5, 5.41) is 15.3. The van der Waals surface area contributed by atoms with E-state index in [4.69, 9.17) is 0 Å². The molecule has 7 nitrogen and oxygen atoms in total. The van der Waals surface area contributed by atoms with Crippen LogP contribution in [0.5, 0.6) is 5.75 Å². The summed E-state index contributed by atoms with van der Waals surface area (Å²) in [5.74, 6) is 0.0872. The standard InChI is InChI=1S/C21H14N4O3S2.ClH/c1-11-9-16(27)25(21(11)28)24-19-17-14(15-3-2-8-29-15)10-30-20(17)23-18(22-19)12-4-6-13(26)7-5-12;/h2-10,26H,1H3,(H,22,23,24);1H. The first-order valence-corrected chi connectivity index (χ1v) is 10.7. The quantitative estimate of drug-likeness (QED) is 0.414. The minimum atomic E-state index is -0.441. The molecule has 2 N–H and O–H groups in total. The van der Waals surface area contributed by atoms with Crippen molar-refractivity contribution in [1.29, 1.82) is 0 Å². The van der Waals surface area contributed by atoms with Crippen LogP contribution in [0.15, 0.2) is 58.8 Å². The maximum absolute atomic E-state index is 12.4. The summed E-state index contributed by atoms with van der Waals surface area (Å²) in [6, 6.07) is 10.5. The second-order valence-electron chi connectivity index (χ2n) is 6.67. The van der Waals surface area contributed by atoms with Gasteiger partial charge in [0.25, 0.3) is 11.8 Å². The van der Waals surface area contributed by atoms with E-state index in [1.807, 2.05) is 22.9 Å². The largest absolute Gasteiger partial charge is 0.508 e. The number of fused-ring (bicyclic) bond motifs is 1. The minimum absolute atomic E-state index is 0. The number of phenolic OH excluding ortho intramolecular Hbond substituents is 1. The van der Waals surface area contributed by atoms with Crippen LogP contribution in [0.2, 0.25) is 0 Å². The number of halogens is 1. The third-order valence-electron chi connectivity index (χ3n) is 4.66. The predicted molar refractivity (Wildman–Crippen MR) is 124 cm³/mol. The molecule has 5 rings (SSSR count). The Hall–Kier alpha value is -3.27. The molecular weight excluding hydrogens is 456 g/mol. The highest BCUT2D eigenvalue weighted by Crippen LogP contribution is 2.40. The highest BCUT2D eigenvalue weighted by atomic mass is 35.5. The number of imide groups is 1. The number of hydrogen-bond acceptors (Lipinski definition) is 8. The lowest BCUT2D eigenvalue weighted by Gasteiger charge is -2.18. The highest BCUT2D eigenvalue weighted by Gasteiger charge is 2.30. The molecule has 3 aromatic heterocycles. The Morgan fingerprint density at radius 1 is 1.06 bits per heavy atom. The monoisotopic (exact) mass is 470 g/mol. The maximum atomic E-state index is 12.4. The number of aromatic nitrogens is 2. The van der Waals surface area contributed by atoms with Crippen LogP contribution >= 0.6 is 35.1 Å². The van der Waals surface area contributed by atoms with Crippen LogP contribution < -0.4 is 5.43 Å². The molecule has 4 aromatic rings. The molecule has 1 aromatic carbocycles. The third kappa shape index (κ3) is 3.67. The smallest absolute Gasteiger partial charge is 0.275 e.